The molecular weight excluding hydrogens is 278 g/mol. The topological polar surface area (TPSA) is 72.5 Å². The molecule has 1 aromatic carbocycles. The van der Waals surface area contributed by atoms with Crippen LogP contribution in [0.2, 0.25) is 0 Å². The number of benzene rings is 1. The fraction of sp³-hybridized carbons (Fsp3) is 0.143. The Kier molecular flexibility index (Phi) is 4.37. The standard InChI is InChI=1S/C14H11NO4S/c16-9-5-6-15-11(7-9)14(18)10-3-1-2-4-12(10)19-13(17)8-20/h1-6,8,11,15H,7H2. The highest BCUT2D eigenvalue weighted by molar-refractivity contribution is 7.80. The predicted molar refractivity (Wildman–Crippen MR) is 75.8 cm³/mol. The summed E-state index contributed by atoms with van der Waals surface area (Å²) < 4.78 is 4.98. The molecule has 0 spiro atoms. The van der Waals surface area contributed by atoms with E-state index in [-0.39, 0.29) is 29.3 Å². The average Bonchev–Trinajstić information content (AvgIpc) is 2.47. The molecule has 2 rings (SSSR count). The molecule has 0 fully saturated rings. The van der Waals surface area contributed by atoms with Gasteiger partial charge in [0, 0.05) is 12.6 Å². The number of hydrogen-bond donors (Lipinski definition) is 1. The van der Waals surface area contributed by atoms with E-state index in [0.29, 0.717) is 0 Å². The Hall–Kier alpha value is -2.34. The van der Waals surface area contributed by atoms with Crippen molar-refractivity contribution in [3.05, 3.63) is 42.1 Å². The van der Waals surface area contributed by atoms with Gasteiger partial charge in [0.2, 0.25) is 0 Å². The van der Waals surface area contributed by atoms with Crippen LogP contribution in [0, 0.1) is 0 Å². The van der Waals surface area contributed by atoms with E-state index in [2.05, 4.69) is 17.5 Å². The third kappa shape index (κ3) is 3.16. The van der Waals surface area contributed by atoms with E-state index in [9.17, 15) is 14.4 Å². The van der Waals surface area contributed by atoms with E-state index in [1.165, 1.54) is 18.3 Å². The summed E-state index contributed by atoms with van der Waals surface area (Å²) in [6, 6.07) is 5.69. The summed E-state index contributed by atoms with van der Waals surface area (Å²) in [5, 5.41) is 3.68. The molecule has 1 aliphatic rings. The Labute approximate surface area is 120 Å². The molecule has 1 atom stereocenters. The van der Waals surface area contributed by atoms with Crippen LogP contribution in [0.15, 0.2) is 36.5 Å². The molecule has 20 heavy (non-hydrogen) atoms. The normalized spacial score (nSPS) is 17.2. The average molecular weight is 289 g/mol. The number of esters is 1. The monoisotopic (exact) mass is 289 g/mol. The van der Waals surface area contributed by atoms with Crippen molar-refractivity contribution in [2.75, 3.05) is 0 Å². The van der Waals surface area contributed by atoms with Gasteiger partial charge in [0.25, 0.3) is 0 Å². The van der Waals surface area contributed by atoms with E-state index in [0.717, 1.165) is 5.37 Å². The molecular formula is C14H11NO4S. The SMILES string of the molecule is O=C1C=CNC(C(=O)c2ccccc2OC(=O)C=S)C1. The van der Waals surface area contributed by atoms with E-state index in [4.69, 9.17) is 4.74 Å². The fourth-order valence-corrected chi connectivity index (χ4v) is 1.88. The Morgan fingerprint density at radius 3 is 2.80 bits per heavy atom. The summed E-state index contributed by atoms with van der Waals surface area (Å²) in [7, 11) is 0. The van der Waals surface area contributed by atoms with Crippen molar-refractivity contribution in [3.63, 3.8) is 0 Å². The third-order valence-electron chi connectivity index (χ3n) is 2.75. The van der Waals surface area contributed by atoms with Crippen molar-refractivity contribution in [1.82, 2.24) is 5.32 Å². The predicted octanol–water partition coefficient (Wildman–Crippen LogP) is 1.22. The zero-order valence-corrected chi connectivity index (χ0v) is 11.2. The number of carbonyl (C=O) groups is 3. The Bertz CT molecular complexity index is 609. The summed E-state index contributed by atoms with van der Waals surface area (Å²) in [6.07, 6.45) is 2.90. The molecule has 1 N–H and O–H groups in total. The van der Waals surface area contributed by atoms with Crippen molar-refractivity contribution in [2.45, 2.75) is 12.5 Å². The van der Waals surface area contributed by atoms with E-state index in [1.807, 2.05) is 0 Å². The number of nitrogens with one attached hydrogen (secondary N) is 1. The number of Topliss-reactive ketones (excluding diaryl/α,β-unsaturated/α-hetero) is 1. The van der Waals surface area contributed by atoms with Gasteiger partial charge in [0.1, 0.15) is 5.75 Å². The van der Waals surface area contributed by atoms with Crippen LogP contribution < -0.4 is 10.1 Å². The zero-order valence-electron chi connectivity index (χ0n) is 10.4. The smallest absolute Gasteiger partial charge is 0.347 e. The van der Waals surface area contributed by atoms with Crippen LogP contribution in [0.1, 0.15) is 16.8 Å². The van der Waals surface area contributed by atoms with Crippen LogP contribution in [-0.2, 0) is 9.59 Å². The molecule has 1 unspecified atom stereocenters. The van der Waals surface area contributed by atoms with Gasteiger partial charge >= 0.3 is 5.97 Å². The molecule has 1 aromatic rings. The Morgan fingerprint density at radius 1 is 1.35 bits per heavy atom. The minimum absolute atomic E-state index is 0.0742. The quantitative estimate of drug-likeness (QED) is 0.389. The number of thiocarbonyl (C=S) groups is 1. The molecule has 1 heterocycles. The second-order valence-electron chi connectivity index (χ2n) is 4.12. The maximum atomic E-state index is 12.4. The van der Waals surface area contributed by atoms with Crippen molar-refractivity contribution >= 4 is 35.1 Å². The van der Waals surface area contributed by atoms with Gasteiger partial charge in [-0.3, -0.25) is 9.59 Å². The molecule has 6 heteroatoms. The van der Waals surface area contributed by atoms with Crippen LogP contribution in [0.3, 0.4) is 0 Å². The number of ether oxygens (including phenoxy) is 1. The van der Waals surface area contributed by atoms with Crippen molar-refractivity contribution < 1.29 is 19.1 Å². The Morgan fingerprint density at radius 2 is 2.10 bits per heavy atom. The van der Waals surface area contributed by atoms with Crippen LogP contribution >= 0.6 is 12.2 Å². The lowest BCUT2D eigenvalue weighted by Crippen LogP contribution is -2.38. The van der Waals surface area contributed by atoms with E-state index >= 15 is 0 Å². The number of para-hydroxylation sites is 1. The lowest BCUT2D eigenvalue weighted by atomic mass is 9.97. The first kappa shape index (κ1) is 14.1. The van der Waals surface area contributed by atoms with Gasteiger partial charge in [0.05, 0.1) is 17.0 Å². The number of hydrogen-bond acceptors (Lipinski definition) is 6. The van der Waals surface area contributed by atoms with Crippen LogP contribution in [-0.4, -0.2) is 28.9 Å². The molecule has 0 aliphatic carbocycles. The summed E-state index contributed by atoms with van der Waals surface area (Å²) >= 11 is 4.47. The van der Waals surface area contributed by atoms with Crippen LogP contribution in [0.4, 0.5) is 0 Å². The molecule has 102 valence electrons. The molecule has 0 radical (unpaired) electrons. The summed E-state index contributed by atoms with van der Waals surface area (Å²) in [5.74, 6) is -1.02. The van der Waals surface area contributed by atoms with Gasteiger partial charge in [-0.25, -0.2) is 4.79 Å². The van der Waals surface area contributed by atoms with Crippen molar-refractivity contribution in [3.8, 4) is 5.75 Å². The fourth-order valence-electron chi connectivity index (χ4n) is 1.83. The first-order valence-electron chi connectivity index (χ1n) is 5.87. The van der Waals surface area contributed by atoms with E-state index in [1.54, 1.807) is 18.2 Å². The van der Waals surface area contributed by atoms with Crippen molar-refractivity contribution in [2.24, 2.45) is 0 Å². The highest BCUT2D eigenvalue weighted by Crippen LogP contribution is 2.21. The van der Waals surface area contributed by atoms with Gasteiger partial charge in [-0.2, -0.15) is 0 Å². The number of allylic oxidation sites excluding steroid dienone is 1. The molecule has 1 aliphatic heterocycles. The minimum Gasteiger partial charge on any atom is -0.422 e. The molecule has 5 nitrogen and oxygen atoms in total. The maximum Gasteiger partial charge on any atom is 0.347 e. The molecule has 0 amide bonds. The van der Waals surface area contributed by atoms with E-state index < -0.39 is 12.0 Å². The lowest BCUT2D eigenvalue weighted by Gasteiger charge is -2.19. The molecule has 0 saturated carbocycles. The molecule has 0 aromatic heterocycles. The van der Waals surface area contributed by atoms with Gasteiger partial charge in [0.15, 0.2) is 11.6 Å². The first-order valence-corrected chi connectivity index (χ1v) is 6.34. The number of carbonyl (C=O) groups excluding carboxylic acids is 3. The molecule has 0 bridgehead atoms. The maximum absolute atomic E-state index is 12.4. The summed E-state index contributed by atoms with van der Waals surface area (Å²) in [4.78, 5) is 34.9. The number of ketones is 2. The third-order valence-corrected chi connectivity index (χ3v) is 2.94. The summed E-state index contributed by atoms with van der Waals surface area (Å²) in [5.41, 5.74) is 0.235. The second-order valence-corrected chi connectivity index (χ2v) is 4.36. The minimum atomic E-state index is -0.715. The molecule has 0 saturated heterocycles. The largest absolute Gasteiger partial charge is 0.422 e. The van der Waals surface area contributed by atoms with Crippen LogP contribution in [0.25, 0.3) is 0 Å². The highest BCUT2D eigenvalue weighted by atomic mass is 32.1. The van der Waals surface area contributed by atoms with Gasteiger partial charge < -0.3 is 10.1 Å². The first-order chi connectivity index (χ1) is 9.61. The number of rotatable bonds is 4. The zero-order chi connectivity index (χ0) is 14.5. The highest BCUT2D eigenvalue weighted by Gasteiger charge is 2.26. The van der Waals surface area contributed by atoms with Crippen LogP contribution in [0.5, 0.6) is 5.75 Å². The second kappa shape index (κ2) is 6.21. The van der Waals surface area contributed by atoms with Gasteiger partial charge in [-0.15, -0.1) is 0 Å². The van der Waals surface area contributed by atoms with Gasteiger partial charge in [-0.05, 0) is 18.2 Å². The summed E-state index contributed by atoms with van der Waals surface area (Å²) in [6.45, 7) is 0. The van der Waals surface area contributed by atoms with Gasteiger partial charge in [-0.1, -0.05) is 24.4 Å². The lowest BCUT2D eigenvalue weighted by molar-refractivity contribution is -0.126. The van der Waals surface area contributed by atoms with Crippen molar-refractivity contribution in [1.29, 1.82) is 0 Å². The Balaban J connectivity index is 2.25.